The number of sulfone groups is 1. The third-order valence-electron chi connectivity index (χ3n) is 4.22. The summed E-state index contributed by atoms with van der Waals surface area (Å²) in [6, 6.07) is 0.992. The molecule has 3 atom stereocenters. The minimum absolute atomic E-state index is 0.0684. The van der Waals surface area contributed by atoms with Gasteiger partial charge in [0.15, 0.2) is 9.84 Å². The Balaban J connectivity index is 2.10. The lowest BCUT2D eigenvalue weighted by Crippen LogP contribution is -2.61. The van der Waals surface area contributed by atoms with E-state index in [9.17, 15) is 8.42 Å². The Kier molecular flexibility index (Phi) is 4.69. The fourth-order valence-corrected chi connectivity index (χ4v) is 4.48. The number of hydrogen-bond donors (Lipinski definition) is 1. The second-order valence-electron chi connectivity index (χ2n) is 6.13. The lowest BCUT2D eigenvalue weighted by atomic mass is 9.95. The largest absolute Gasteiger partial charge is 0.311 e. The number of nitrogens with one attached hydrogen (secondary N) is 1. The normalized spacial score (nSPS) is 35.1. The summed E-state index contributed by atoms with van der Waals surface area (Å²) in [7, 11) is -2.97. The highest BCUT2D eigenvalue weighted by molar-refractivity contribution is 7.94. The first kappa shape index (κ1) is 15.0. The molecule has 0 radical (unpaired) electrons. The van der Waals surface area contributed by atoms with Crippen molar-refractivity contribution >= 4 is 9.84 Å². The van der Waals surface area contributed by atoms with Crippen molar-refractivity contribution in [3.63, 3.8) is 0 Å². The number of piperazine rings is 1. The van der Waals surface area contributed by atoms with Crippen LogP contribution in [0.3, 0.4) is 0 Å². The standard InChI is InChI=1S/C14H26N2O2S/c1-4-5-12-9-16(14(8-15-12)11(2)3)13-6-7-19(17,18)10-13/h6-7,11-15H,4-5,8-10H2,1-3H3. The highest BCUT2D eigenvalue weighted by atomic mass is 32.2. The molecule has 19 heavy (non-hydrogen) atoms. The van der Waals surface area contributed by atoms with Gasteiger partial charge < -0.3 is 5.32 Å². The average Bonchev–Trinajstić information content (AvgIpc) is 2.69. The van der Waals surface area contributed by atoms with Crippen LogP contribution < -0.4 is 5.32 Å². The van der Waals surface area contributed by atoms with Gasteiger partial charge in [-0.05, 0) is 12.3 Å². The van der Waals surface area contributed by atoms with Crippen LogP contribution in [-0.2, 0) is 9.84 Å². The molecule has 0 bridgehead atoms. The van der Waals surface area contributed by atoms with E-state index in [-0.39, 0.29) is 11.8 Å². The maximum atomic E-state index is 11.6. The van der Waals surface area contributed by atoms with Crippen LogP contribution in [0.25, 0.3) is 0 Å². The van der Waals surface area contributed by atoms with Crippen molar-refractivity contribution in [2.75, 3.05) is 18.8 Å². The van der Waals surface area contributed by atoms with Crippen molar-refractivity contribution < 1.29 is 8.42 Å². The molecule has 0 spiro atoms. The van der Waals surface area contributed by atoms with E-state index in [4.69, 9.17) is 0 Å². The monoisotopic (exact) mass is 286 g/mol. The number of rotatable bonds is 4. The van der Waals surface area contributed by atoms with E-state index in [0.29, 0.717) is 18.0 Å². The lowest BCUT2D eigenvalue weighted by molar-refractivity contribution is 0.0787. The predicted octanol–water partition coefficient (Wildman–Crippen LogP) is 1.40. The highest BCUT2D eigenvalue weighted by Gasteiger charge is 2.36. The smallest absolute Gasteiger partial charge is 0.173 e. The number of hydrogen-bond acceptors (Lipinski definition) is 4. The Hall–Kier alpha value is -0.390. The van der Waals surface area contributed by atoms with Crippen LogP contribution in [0.2, 0.25) is 0 Å². The van der Waals surface area contributed by atoms with Gasteiger partial charge in [-0.15, -0.1) is 0 Å². The molecule has 1 N–H and O–H groups in total. The van der Waals surface area contributed by atoms with Gasteiger partial charge in [0.05, 0.1) is 5.75 Å². The second kappa shape index (κ2) is 5.94. The van der Waals surface area contributed by atoms with Gasteiger partial charge in [0.25, 0.3) is 0 Å². The van der Waals surface area contributed by atoms with E-state index in [1.807, 2.05) is 6.08 Å². The molecule has 0 aliphatic carbocycles. The molecule has 2 rings (SSSR count). The van der Waals surface area contributed by atoms with Gasteiger partial charge in [-0.2, -0.15) is 0 Å². The van der Waals surface area contributed by atoms with E-state index in [0.717, 1.165) is 25.9 Å². The first-order valence-corrected chi connectivity index (χ1v) is 9.04. The van der Waals surface area contributed by atoms with Crippen LogP contribution in [0.1, 0.15) is 33.6 Å². The van der Waals surface area contributed by atoms with Gasteiger partial charge in [0.2, 0.25) is 0 Å². The minimum atomic E-state index is -2.97. The fraction of sp³-hybridized carbons (Fsp3) is 0.857. The number of nitrogens with zero attached hydrogens (tertiary/aromatic N) is 1. The fourth-order valence-electron chi connectivity index (χ4n) is 3.17. The molecular weight excluding hydrogens is 260 g/mol. The zero-order valence-electron chi connectivity index (χ0n) is 12.2. The van der Waals surface area contributed by atoms with E-state index >= 15 is 0 Å². The second-order valence-corrected chi connectivity index (χ2v) is 8.06. The van der Waals surface area contributed by atoms with Gasteiger partial charge in [0.1, 0.15) is 0 Å². The van der Waals surface area contributed by atoms with Crippen LogP contribution in [-0.4, -0.2) is 50.3 Å². The molecule has 3 unspecified atom stereocenters. The Labute approximate surface area is 117 Å². The molecule has 2 aliphatic heterocycles. The molecule has 4 nitrogen and oxygen atoms in total. The van der Waals surface area contributed by atoms with Crippen molar-refractivity contribution in [3.05, 3.63) is 11.5 Å². The maximum Gasteiger partial charge on any atom is 0.173 e. The molecule has 2 aliphatic rings. The van der Waals surface area contributed by atoms with E-state index in [1.54, 1.807) is 0 Å². The molecular formula is C14H26N2O2S. The summed E-state index contributed by atoms with van der Waals surface area (Å²) < 4.78 is 23.3. The summed E-state index contributed by atoms with van der Waals surface area (Å²) in [5.41, 5.74) is 0. The van der Waals surface area contributed by atoms with Crippen LogP contribution in [0.5, 0.6) is 0 Å². The summed E-state index contributed by atoms with van der Waals surface area (Å²) in [5.74, 6) is 0.793. The summed E-state index contributed by atoms with van der Waals surface area (Å²) in [6.07, 6.45) is 4.19. The third kappa shape index (κ3) is 3.58. The Bertz CT molecular complexity index is 431. The lowest BCUT2D eigenvalue weighted by Gasteiger charge is -2.45. The van der Waals surface area contributed by atoms with Crippen molar-refractivity contribution in [3.8, 4) is 0 Å². The molecule has 5 heteroatoms. The topological polar surface area (TPSA) is 49.4 Å². The van der Waals surface area contributed by atoms with Gasteiger partial charge in [-0.3, -0.25) is 4.90 Å². The first-order chi connectivity index (χ1) is 8.93. The van der Waals surface area contributed by atoms with Gasteiger partial charge in [0, 0.05) is 36.6 Å². The SMILES string of the molecule is CCCC1CN(C2C=CS(=O)(=O)C2)C(C(C)C)CN1. The summed E-state index contributed by atoms with van der Waals surface area (Å²) in [5, 5.41) is 5.01. The van der Waals surface area contributed by atoms with E-state index in [2.05, 4.69) is 31.0 Å². The molecule has 0 aromatic rings. The van der Waals surface area contributed by atoms with Crippen LogP contribution >= 0.6 is 0 Å². The van der Waals surface area contributed by atoms with Gasteiger partial charge >= 0.3 is 0 Å². The Morgan fingerprint density at radius 2 is 2.16 bits per heavy atom. The van der Waals surface area contributed by atoms with Gasteiger partial charge in [-0.1, -0.05) is 33.3 Å². The molecule has 1 saturated heterocycles. The van der Waals surface area contributed by atoms with Crippen molar-refractivity contribution in [2.45, 2.75) is 51.7 Å². The highest BCUT2D eigenvalue weighted by Crippen LogP contribution is 2.24. The van der Waals surface area contributed by atoms with Crippen LogP contribution in [0.4, 0.5) is 0 Å². The zero-order valence-corrected chi connectivity index (χ0v) is 13.0. The third-order valence-corrected chi connectivity index (χ3v) is 5.59. The Morgan fingerprint density at radius 3 is 2.68 bits per heavy atom. The molecule has 110 valence electrons. The predicted molar refractivity (Wildman–Crippen MR) is 78.7 cm³/mol. The average molecular weight is 286 g/mol. The Morgan fingerprint density at radius 1 is 1.42 bits per heavy atom. The summed E-state index contributed by atoms with van der Waals surface area (Å²) in [6.45, 7) is 8.55. The van der Waals surface area contributed by atoms with Crippen molar-refractivity contribution in [2.24, 2.45) is 5.92 Å². The molecule has 0 aromatic carbocycles. The molecule has 2 heterocycles. The molecule has 0 amide bonds. The van der Waals surface area contributed by atoms with E-state index < -0.39 is 9.84 Å². The zero-order chi connectivity index (χ0) is 14.0. The van der Waals surface area contributed by atoms with Crippen molar-refractivity contribution in [1.82, 2.24) is 10.2 Å². The maximum absolute atomic E-state index is 11.6. The quantitative estimate of drug-likeness (QED) is 0.848. The summed E-state index contributed by atoms with van der Waals surface area (Å²) >= 11 is 0. The van der Waals surface area contributed by atoms with E-state index in [1.165, 1.54) is 5.41 Å². The summed E-state index contributed by atoms with van der Waals surface area (Å²) in [4.78, 5) is 2.41. The van der Waals surface area contributed by atoms with Gasteiger partial charge in [-0.25, -0.2) is 8.42 Å². The van der Waals surface area contributed by atoms with Crippen LogP contribution in [0.15, 0.2) is 11.5 Å². The molecule has 1 fully saturated rings. The molecule has 0 saturated carbocycles. The first-order valence-electron chi connectivity index (χ1n) is 7.33. The van der Waals surface area contributed by atoms with Crippen LogP contribution in [0, 0.1) is 5.92 Å². The van der Waals surface area contributed by atoms with Crippen molar-refractivity contribution in [1.29, 1.82) is 0 Å². The minimum Gasteiger partial charge on any atom is -0.311 e. The molecule has 0 aromatic heterocycles.